The first-order valence-corrected chi connectivity index (χ1v) is 10.8. The summed E-state index contributed by atoms with van der Waals surface area (Å²) >= 11 is 0. The van der Waals surface area contributed by atoms with Crippen molar-refractivity contribution >= 4 is 21.6 Å². The van der Waals surface area contributed by atoms with Crippen molar-refractivity contribution in [3.63, 3.8) is 0 Å². The number of fused-ring (bicyclic) bond motifs is 1. The van der Waals surface area contributed by atoms with Crippen molar-refractivity contribution in [3.05, 3.63) is 59.2 Å². The zero-order valence-electron chi connectivity index (χ0n) is 16.0. The summed E-state index contributed by atoms with van der Waals surface area (Å²) in [5.74, 6) is 0.0630. The van der Waals surface area contributed by atoms with E-state index < -0.39 is 10.0 Å². The van der Waals surface area contributed by atoms with Crippen LogP contribution in [0, 0.1) is 6.92 Å². The van der Waals surface area contributed by atoms with E-state index in [2.05, 4.69) is 4.72 Å². The molecule has 1 N–H and O–H groups in total. The van der Waals surface area contributed by atoms with Crippen molar-refractivity contribution in [2.45, 2.75) is 51.0 Å². The quantitative estimate of drug-likeness (QED) is 0.829. The normalized spacial score (nSPS) is 16.4. The number of hydrogen-bond donors (Lipinski definition) is 1. The molecule has 0 saturated carbocycles. The smallest absolute Gasteiger partial charge is 0.240 e. The predicted molar refractivity (Wildman–Crippen MR) is 107 cm³/mol. The molecule has 1 atom stereocenters. The van der Waals surface area contributed by atoms with Gasteiger partial charge in [-0.15, -0.1) is 0 Å². The molecule has 0 spiro atoms. The van der Waals surface area contributed by atoms with Gasteiger partial charge < -0.3 is 4.90 Å². The Morgan fingerprint density at radius 1 is 1.19 bits per heavy atom. The van der Waals surface area contributed by atoms with E-state index in [1.54, 1.807) is 23.1 Å². The molecule has 0 saturated heterocycles. The van der Waals surface area contributed by atoms with E-state index in [9.17, 15) is 13.2 Å². The van der Waals surface area contributed by atoms with Crippen molar-refractivity contribution in [2.75, 3.05) is 11.4 Å². The Labute approximate surface area is 161 Å². The third kappa shape index (κ3) is 4.22. The third-order valence-corrected chi connectivity index (χ3v) is 6.43. The average Bonchev–Trinajstić information content (AvgIpc) is 2.97. The number of hydrogen-bond acceptors (Lipinski definition) is 3. The first-order chi connectivity index (χ1) is 12.8. The maximum atomic E-state index is 12.6. The van der Waals surface area contributed by atoms with Crippen LogP contribution in [0.3, 0.4) is 0 Å². The number of carbonyl (C=O) groups excluding carboxylic acids is 1. The Kier molecular flexibility index (Phi) is 5.67. The van der Waals surface area contributed by atoms with Crippen LogP contribution in [0.2, 0.25) is 0 Å². The predicted octanol–water partition coefficient (Wildman–Crippen LogP) is 3.20. The number of anilines is 1. The van der Waals surface area contributed by atoms with Crippen LogP contribution in [0.1, 0.15) is 37.0 Å². The van der Waals surface area contributed by atoms with Gasteiger partial charge in [0.1, 0.15) is 0 Å². The highest BCUT2D eigenvalue weighted by molar-refractivity contribution is 7.89. The maximum Gasteiger partial charge on any atom is 0.240 e. The van der Waals surface area contributed by atoms with Crippen LogP contribution in [0.25, 0.3) is 0 Å². The second kappa shape index (κ2) is 7.82. The number of carbonyl (C=O) groups is 1. The van der Waals surface area contributed by atoms with Gasteiger partial charge >= 0.3 is 0 Å². The van der Waals surface area contributed by atoms with Gasteiger partial charge in [0.05, 0.1) is 4.90 Å². The fourth-order valence-corrected chi connectivity index (χ4v) is 4.57. The summed E-state index contributed by atoms with van der Waals surface area (Å²) in [6, 6.07) is 13.2. The lowest BCUT2D eigenvalue weighted by Crippen LogP contribution is -2.35. The first-order valence-electron chi connectivity index (χ1n) is 9.32. The van der Waals surface area contributed by atoms with Crippen molar-refractivity contribution in [1.82, 2.24) is 4.72 Å². The number of rotatable bonds is 6. The van der Waals surface area contributed by atoms with Crippen LogP contribution >= 0.6 is 0 Å². The molecular weight excluding hydrogens is 360 g/mol. The molecule has 5 nitrogen and oxygen atoms in total. The highest BCUT2D eigenvalue weighted by Crippen LogP contribution is 2.34. The van der Waals surface area contributed by atoms with Crippen LogP contribution < -0.4 is 9.62 Å². The molecule has 0 radical (unpaired) electrons. The van der Waals surface area contributed by atoms with Gasteiger partial charge in [-0.1, -0.05) is 36.8 Å². The zero-order valence-corrected chi connectivity index (χ0v) is 16.8. The monoisotopic (exact) mass is 386 g/mol. The van der Waals surface area contributed by atoms with Gasteiger partial charge in [-0.25, -0.2) is 13.1 Å². The molecule has 27 heavy (non-hydrogen) atoms. The number of amides is 1. The van der Waals surface area contributed by atoms with Crippen molar-refractivity contribution in [1.29, 1.82) is 0 Å². The van der Waals surface area contributed by atoms with Crippen LogP contribution in [-0.4, -0.2) is 26.9 Å². The Balaban J connectivity index is 1.71. The third-order valence-electron chi connectivity index (χ3n) is 4.97. The van der Waals surface area contributed by atoms with E-state index in [4.69, 9.17) is 0 Å². The van der Waals surface area contributed by atoms with E-state index in [0.717, 1.165) is 16.8 Å². The van der Waals surface area contributed by atoms with Gasteiger partial charge in [0.2, 0.25) is 15.9 Å². The molecule has 1 amide bonds. The van der Waals surface area contributed by atoms with E-state index in [-0.39, 0.29) is 16.8 Å². The molecule has 0 bridgehead atoms. The molecule has 0 fully saturated rings. The second-order valence-corrected chi connectivity index (χ2v) is 8.86. The van der Waals surface area contributed by atoms with E-state index in [1.165, 1.54) is 5.56 Å². The summed E-state index contributed by atoms with van der Waals surface area (Å²) in [5, 5.41) is 0. The Bertz CT molecular complexity index is 936. The van der Waals surface area contributed by atoms with Crippen molar-refractivity contribution < 1.29 is 13.2 Å². The van der Waals surface area contributed by atoms with Crippen LogP contribution in [0.5, 0.6) is 0 Å². The topological polar surface area (TPSA) is 66.5 Å². The number of nitrogens with one attached hydrogen (secondary N) is 1. The minimum Gasteiger partial charge on any atom is -0.309 e. The van der Waals surface area contributed by atoms with E-state index in [0.29, 0.717) is 25.8 Å². The van der Waals surface area contributed by atoms with Gasteiger partial charge in [0, 0.05) is 24.7 Å². The van der Waals surface area contributed by atoms with Crippen molar-refractivity contribution in [3.8, 4) is 0 Å². The minimum absolute atomic E-state index is 0.0555. The summed E-state index contributed by atoms with van der Waals surface area (Å²) in [4.78, 5) is 14.2. The second-order valence-electron chi connectivity index (χ2n) is 7.09. The van der Waals surface area contributed by atoms with E-state index >= 15 is 0 Å². The van der Waals surface area contributed by atoms with Gasteiger partial charge in [0.25, 0.3) is 0 Å². The van der Waals surface area contributed by atoms with Crippen LogP contribution in [-0.2, 0) is 27.7 Å². The highest BCUT2D eigenvalue weighted by atomic mass is 32.2. The summed E-state index contributed by atoms with van der Waals surface area (Å²) in [6.45, 7) is 6.20. The van der Waals surface area contributed by atoms with E-state index in [1.807, 2.05) is 45.0 Å². The van der Waals surface area contributed by atoms with Gasteiger partial charge in [0.15, 0.2) is 0 Å². The molecule has 1 heterocycles. The van der Waals surface area contributed by atoms with Crippen LogP contribution in [0.4, 0.5) is 5.69 Å². The molecule has 3 rings (SSSR count). The molecule has 0 aromatic heterocycles. The van der Waals surface area contributed by atoms with Gasteiger partial charge in [-0.3, -0.25) is 4.79 Å². The average molecular weight is 387 g/mol. The van der Waals surface area contributed by atoms with Crippen molar-refractivity contribution in [2.24, 2.45) is 0 Å². The Hall–Kier alpha value is -2.18. The summed E-state index contributed by atoms with van der Waals surface area (Å²) in [7, 11) is -3.57. The lowest BCUT2D eigenvalue weighted by atomic mass is 10.1. The molecule has 1 aliphatic heterocycles. The van der Waals surface area contributed by atoms with Gasteiger partial charge in [-0.2, -0.15) is 0 Å². The standard InChI is InChI=1S/C21H26N2O3S/c1-4-21(24)23-16(3)13-18-14-19(9-10-20(18)23)27(25,26)22-12-11-17-7-5-15(2)6-8-17/h5-10,14,16,22H,4,11-13H2,1-3H3/t16-/m0/s1. The number of sulfonamides is 1. The molecule has 0 aliphatic carbocycles. The number of aryl methyl sites for hydroxylation is 1. The zero-order chi connectivity index (χ0) is 19.6. The summed E-state index contributed by atoms with van der Waals surface area (Å²) in [6.07, 6.45) is 1.75. The lowest BCUT2D eigenvalue weighted by Gasteiger charge is -2.22. The fraction of sp³-hybridized carbons (Fsp3) is 0.381. The highest BCUT2D eigenvalue weighted by Gasteiger charge is 2.31. The minimum atomic E-state index is -3.57. The molecule has 0 unspecified atom stereocenters. The first kappa shape index (κ1) is 19.6. The molecule has 1 aliphatic rings. The summed E-state index contributed by atoms with van der Waals surface area (Å²) < 4.78 is 28.0. The molecular formula is C21H26N2O3S. The summed E-state index contributed by atoms with van der Waals surface area (Å²) in [5.41, 5.74) is 4.01. The Morgan fingerprint density at radius 2 is 1.89 bits per heavy atom. The maximum absolute atomic E-state index is 12.6. The largest absolute Gasteiger partial charge is 0.309 e. The number of benzene rings is 2. The van der Waals surface area contributed by atoms with Gasteiger partial charge in [-0.05, 0) is 56.0 Å². The molecule has 2 aromatic carbocycles. The Morgan fingerprint density at radius 3 is 2.56 bits per heavy atom. The SMILES string of the molecule is CCC(=O)N1c2ccc(S(=O)(=O)NCCc3ccc(C)cc3)cc2C[C@@H]1C. The fourth-order valence-electron chi connectivity index (χ4n) is 3.49. The van der Waals surface area contributed by atoms with Crippen LogP contribution in [0.15, 0.2) is 47.4 Å². The number of nitrogens with zero attached hydrogens (tertiary/aromatic N) is 1. The molecule has 144 valence electrons. The lowest BCUT2D eigenvalue weighted by molar-refractivity contribution is -0.118. The molecule has 6 heteroatoms. The molecule has 2 aromatic rings.